The minimum Gasteiger partial charge on any atom is -0.467 e. The molecule has 4 heterocycles. The number of hydrogen-bond acceptors (Lipinski definition) is 8. The summed E-state index contributed by atoms with van der Waals surface area (Å²) in [6.45, 7) is 2.83. The smallest absolute Gasteiger partial charge is 0.344 e. The Morgan fingerprint density at radius 1 is 1.21 bits per heavy atom. The lowest BCUT2D eigenvalue weighted by Crippen LogP contribution is -2.42. The number of ether oxygens (including phenoxy) is 1. The van der Waals surface area contributed by atoms with E-state index in [2.05, 4.69) is 10.6 Å². The second-order valence-corrected chi connectivity index (χ2v) is 8.01. The van der Waals surface area contributed by atoms with Gasteiger partial charge >= 0.3 is 5.97 Å². The maximum absolute atomic E-state index is 13.2. The third-order valence-electron chi connectivity index (χ3n) is 5.86. The fraction of sp³-hybridized carbons (Fsp3) is 0.292. The van der Waals surface area contributed by atoms with E-state index in [-0.39, 0.29) is 5.56 Å². The molecule has 0 radical (unpaired) electrons. The largest absolute Gasteiger partial charge is 0.467 e. The Labute approximate surface area is 189 Å². The van der Waals surface area contributed by atoms with Crippen LogP contribution in [0.15, 0.2) is 67.0 Å². The van der Waals surface area contributed by atoms with Gasteiger partial charge in [-0.15, -0.1) is 0 Å². The molecule has 3 aromatic heterocycles. The molecule has 0 fully saturated rings. The molecule has 0 spiro atoms. The molecule has 33 heavy (non-hydrogen) atoms. The summed E-state index contributed by atoms with van der Waals surface area (Å²) >= 11 is 0. The summed E-state index contributed by atoms with van der Waals surface area (Å²) in [4.78, 5) is 25.7. The molecule has 1 amide bonds. The number of hydrogen-bond donors (Lipinski definition) is 1. The van der Waals surface area contributed by atoms with Crippen LogP contribution in [0.25, 0.3) is 6.08 Å². The van der Waals surface area contributed by atoms with Crippen LogP contribution in [0.3, 0.4) is 0 Å². The first kappa shape index (κ1) is 20.9. The van der Waals surface area contributed by atoms with Gasteiger partial charge in [-0.3, -0.25) is 10.2 Å². The van der Waals surface area contributed by atoms with Gasteiger partial charge in [0.25, 0.3) is 5.91 Å². The minimum atomic E-state index is -0.649. The summed E-state index contributed by atoms with van der Waals surface area (Å²) in [7, 11) is 0. The van der Waals surface area contributed by atoms with Gasteiger partial charge in [-0.2, -0.15) is 0 Å². The second-order valence-electron chi connectivity index (χ2n) is 8.01. The number of carbonyl (C=O) groups is 2. The van der Waals surface area contributed by atoms with Gasteiger partial charge < -0.3 is 18.1 Å². The lowest BCUT2D eigenvalue weighted by atomic mass is 9.88. The quantitative estimate of drug-likeness (QED) is 0.576. The standard InChI is InChI=1S/C24H23N3O6/c1-14-21(15(2)33-26-14)24(29)32-13-20(28)27-23(19-9-5-11-31-19)18-8-3-6-16(22(18)25-27)12-17-7-4-10-30-17/h4-5,7,9-12,23,25H,3,6,8,13H2,1-2H3/b16-12+/t23-/m0/s1. The highest BCUT2D eigenvalue weighted by atomic mass is 16.5. The number of aryl methyl sites for hydroxylation is 2. The number of furan rings is 2. The van der Waals surface area contributed by atoms with Crippen molar-refractivity contribution in [3.63, 3.8) is 0 Å². The Hall–Kier alpha value is -4.01. The molecule has 0 saturated heterocycles. The van der Waals surface area contributed by atoms with Crippen molar-refractivity contribution >= 4 is 18.0 Å². The monoisotopic (exact) mass is 449 g/mol. The Bertz CT molecular complexity index is 1210. The molecule has 1 atom stereocenters. The molecule has 1 aliphatic heterocycles. The van der Waals surface area contributed by atoms with Gasteiger partial charge in [-0.25, -0.2) is 9.80 Å². The number of rotatable bonds is 5. The number of allylic oxidation sites excluding steroid dienone is 1. The van der Waals surface area contributed by atoms with E-state index in [0.29, 0.717) is 17.2 Å². The second kappa shape index (κ2) is 8.50. The average molecular weight is 449 g/mol. The highest BCUT2D eigenvalue weighted by Crippen LogP contribution is 2.44. The molecule has 170 valence electrons. The molecular weight excluding hydrogens is 426 g/mol. The lowest BCUT2D eigenvalue weighted by Gasteiger charge is -2.24. The van der Waals surface area contributed by atoms with Gasteiger partial charge in [0.15, 0.2) is 6.61 Å². The maximum atomic E-state index is 13.2. The van der Waals surface area contributed by atoms with E-state index in [4.69, 9.17) is 18.1 Å². The first-order valence-electron chi connectivity index (χ1n) is 10.7. The number of aromatic nitrogens is 1. The van der Waals surface area contributed by atoms with Crippen LogP contribution in [-0.2, 0) is 9.53 Å². The van der Waals surface area contributed by atoms with Crippen LogP contribution in [0.1, 0.15) is 58.6 Å². The minimum absolute atomic E-state index is 0.237. The lowest BCUT2D eigenvalue weighted by molar-refractivity contribution is -0.138. The molecule has 2 aliphatic rings. The molecule has 5 rings (SSSR count). The number of nitrogens with zero attached hydrogens (tertiary/aromatic N) is 2. The normalized spacial score (nSPS) is 19.0. The number of amides is 1. The van der Waals surface area contributed by atoms with Crippen molar-refractivity contribution in [2.45, 2.75) is 39.2 Å². The van der Waals surface area contributed by atoms with Crippen molar-refractivity contribution in [3.05, 3.63) is 82.2 Å². The van der Waals surface area contributed by atoms with Crippen molar-refractivity contribution in [2.24, 2.45) is 0 Å². The van der Waals surface area contributed by atoms with Crippen LogP contribution in [0.4, 0.5) is 0 Å². The molecule has 3 aromatic rings. The first-order chi connectivity index (χ1) is 16.0. The van der Waals surface area contributed by atoms with Crippen LogP contribution >= 0.6 is 0 Å². The molecule has 9 heteroatoms. The third-order valence-corrected chi connectivity index (χ3v) is 5.86. The maximum Gasteiger partial charge on any atom is 0.344 e. The van der Waals surface area contributed by atoms with Crippen molar-refractivity contribution < 1.29 is 27.7 Å². The first-order valence-corrected chi connectivity index (χ1v) is 10.7. The zero-order valence-electron chi connectivity index (χ0n) is 18.3. The van der Waals surface area contributed by atoms with Gasteiger partial charge in [0, 0.05) is 0 Å². The van der Waals surface area contributed by atoms with Gasteiger partial charge in [-0.05, 0) is 74.6 Å². The van der Waals surface area contributed by atoms with Gasteiger partial charge in [0.1, 0.15) is 28.9 Å². The number of hydrazine groups is 1. The summed E-state index contributed by atoms with van der Waals surface area (Å²) in [6, 6.07) is 6.92. The van der Waals surface area contributed by atoms with Crippen LogP contribution in [-0.4, -0.2) is 28.6 Å². The van der Waals surface area contributed by atoms with Gasteiger partial charge in [0.2, 0.25) is 0 Å². The fourth-order valence-electron chi connectivity index (χ4n) is 4.37. The molecule has 0 bridgehead atoms. The Morgan fingerprint density at radius 3 is 2.73 bits per heavy atom. The molecular formula is C24H23N3O6. The molecule has 0 saturated carbocycles. The zero-order chi connectivity index (χ0) is 22.9. The summed E-state index contributed by atoms with van der Waals surface area (Å²) in [5, 5.41) is 5.24. The van der Waals surface area contributed by atoms with Crippen molar-refractivity contribution in [3.8, 4) is 0 Å². The molecule has 0 unspecified atom stereocenters. The highest BCUT2D eigenvalue weighted by Gasteiger charge is 2.41. The fourth-order valence-corrected chi connectivity index (χ4v) is 4.37. The zero-order valence-corrected chi connectivity index (χ0v) is 18.3. The van der Waals surface area contributed by atoms with Crippen molar-refractivity contribution in [1.29, 1.82) is 0 Å². The highest BCUT2D eigenvalue weighted by molar-refractivity contribution is 5.93. The summed E-state index contributed by atoms with van der Waals surface area (Å²) in [5.74, 6) is 0.681. The van der Waals surface area contributed by atoms with Crippen LogP contribution in [0.2, 0.25) is 0 Å². The Kier molecular flexibility index (Phi) is 5.37. The molecule has 1 aliphatic carbocycles. The molecule has 9 nitrogen and oxygen atoms in total. The summed E-state index contributed by atoms with van der Waals surface area (Å²) in [6.07, 6.45) is 7.78. The van der Waals surface area contributed by atoms with E-state index < -0.39 is 24.5 Å². The van der Waals surface area contributed by atoms with Gasteiger partial charge in [0.05, 0.1) is 23.9 Å². The predicted molar refractivity (Wildman–Crippen MR) is 115 cm³/mol. The van der Waals surface area contributed by atoms with E-state index in [1.165, 1.54) is 5.01 Å². The van der Waals surface area contributed by atoms with E-state index in [1.54, 1.807) is 32.4 Å². The predicted octanol–water partition coefficient (Wildman–Crippen LogP) is 4.24. The molecule has 0 aromatic carbocycles. The van der Waals surface area contributed by atoms with Crippen molar-refractivity contribution in [2.75, 3.05) is 6.61 Å². The van der Waals surface area contributed by atoms with E-state index in [9.17, 15) is 9.59 Å². The average Bonchev–Trinajstić information content (AvgIpc) is 3.59. The van der Waals surface area contributed by atoms with Crippen LogP contribution in [0, 0.1) is 13.8 Å². The summed E-state index contributed by atoms with van der Waals surface area (Å²) < 4.78 is 21.5. The van der Waals surface area contributed by atoms with E-state index >= 15 is 0 Å². The topological polar surface area (TPSA) is 111 Å². The van der Waals surface area contributed by atoms with Gasteiger partial charge in [-0.1, -0.05) is 5.16 Å². The van der Waals surface area contributed by atoms with Crippen LogP contribution < -0.4 is 5.43 Å². The van der Waals surface area contributed by atoms with Crippen LogP contribution in [0.5, 0.6) is 0 Å². The number of esters is 1. The number of carbonyl (C=O) groups excluding carboxylic acids is 2. The Morgan fingerprint density at radius 2 is 2.03 bits per heavy atom. The third kappa shape index (κ3) is 3.86. The summed E-state index contributed by atoms with van der Waals surface area (Å²) in [5.41, 5.74) is 6.88. The van der Waals surface area contributed by atoms with Crippen molar-refractivity contribution in [1.82, 2.24) is 15.6 Å². The van der Waals surface area contributed by atoms with E-state index in [0.717, 1.165) is 41.9 Å². The molecule has 1 N–H and O–H groups in total. The SMILES string of the molecule is Cc1noc(C)c1C(=O)OCC(=O)N1NC2=C(CCC/C2=C\c2ccco2)[C@H]1c1ccco1. The number of nitrogens with one attached hydrogen (secondary N) is 1. The Balaban J connectivity index is 1.39. The van der Waals surface area contributed by atoms with E-state index in [1.807, 2.05) is 24.3 Å².